The van der Waals surface area contributed by atoms with E-state index in [1.807, 2.05) is 31.2 Å². The van der Waals surface area contributed by atoms with Crippen LogP contribution in [0.1, 0.15) is 29.5 Å². The summed E-state index contributed by atoms with van der Waals surface area (Å²) in [7, 11) is -3.17. The van der Waals surface area contributed by atoms with Crippen LogP contribution >= 0.6 is 0 Å². The lowest BCUT2D eigenvalue weighted by Gasteiger charge is -2.18. The molecule has 0 saturated carbocycles. The second kappa shape index (κ2) is 11.5. The number of rotatable bonds is 9. The second-order valence-corrected chi connectivity index (χ2v) is 9.70. The molecular formula is C26H31N3O2S. The molecule has 0 saturated heterocycles. The van der Waals surface area contributed by atoms with E-state index in [4.69, 9.17) is 4.99 Å². The molecule has 0 bridgehead atoms. The number of nitrogens with zero attached hydrogens (tertiary/aromatic N) is 1. The van der Waals surface area contributed by atoms with Gasteiger partial charge in [-0.2, -0.15) is 0 Å². The Morgan fingerprint density at radius 2 is 1.41 bits per heavy atom. The first-order valence-corrected chi connectivity index (χ1v) is 12.8. The Balaban J connectivity index is 1.66. The van der Waals surface area contributed by atoms with Gasteiger partial charge < -0.3 is 10.6 Å². The van der Waals surface area contributed by atoms with Gasteiger partial charge in [0.2, 0.25) is 0 Å². The summed E-state index contributed by atoms with van der Waals surface area (Å²) < 4.78 is 23.2. The van der Waals surface area contributed by atoms with Gasteiger partial charge in [0.05, 0.1) is 11.4 Å². The van der Waals surface area contributed by atoms with E-state index in [1.165, 1.54) is 17.4 Å². The van der Waals surface area contributed by atoms with Gasteiger partial charge in [-0.3, -0.25) is 4.99 Å². The highest BCUT2D eigenvalue weighted by atomic mass is 32.2. The Morgan fingerprint density at radius 1 is 0.844 bits per heavy atom. The highest BCUT2D eigenvalue weighted by molar-refractivity contribution is 7.90. The van der Waals surface area contributed by atoms with Crippen LogP contribution in [0.15, 0.2) is 94.8 Å². The molecule has 0 heterocycles. The van der Waals surface area contributed by atoms with Crippen molar-refractivity contribution in [2.75, 3.05) is 25.9 Å². The van der Waals surface area contributed by atoms with E-state index in [-0.39, 0.29) is 5.92 Å². The lowest BCUT2D eigenvalue weighted by molar-refractivity contribution is 0.602. The minimum atomic E-state index is -3.17. The molecule has 0 unspecified atom stereocenters. The molecule has 3 aromatic rings. The standard InChI is InChI=1S/C26H31N3O2S/c1-3-27-26(28-19-18-21-14-16-24(17-15-21)32(2,30)31)29-20-25(22-10-6-4-7-11-22)23-12-8-5-9-13-23/h4-17,25H,3,18-20H2,1-2H3,(H2,27,28,29). The largest absolute Gasteiger partial charge is 0.357 e. The van der Waals surface area contributed by atoms with Gasteiger partial charge in [-0.25, -0.2) is 8.42 Å². The molecule has 0 amide bonds. The van der Waals surface area contributed by atoms with E-state index < -0.39 is 9.84 Å². The minimum Gasteiger partial charge on any atom is -0.357 e. The van der Waals surface area contributed by atoms with Crippen molar-refractivity contribution in [3.8, 4) is 0 Å². The van der Waals surface area contributed by atoms with Crippen molar-refractivity contribution < 1.29 is 8.42 Å². The fourth-order valence-electron chi connectivity index (χ4n) is 3.53. The minimum absolute atomic E-state index is 0.177. The van der Waals surface area contributed by atoms with E-state index in [0.29, 0.717) is 18.0 Å². The molecule has 5 nitrogen and oxygen atoms in total. The van der Waals surface area contributed by atoms with E-state index in [0.717, 1.165) is 24.5 Å². The number of hydrogen-bond acceptors (Lipinski definition) is 3. The van der Waals surface area contributed by atoms with Gasteiger partial charge >= 0.3 is 0 Å². The Kier molecular flexibility index (Phi) is 8.45. The van der Waals surface area contributed by atoms with E-state index in [9.17, 15) is 8.42 Å². The van der Waals surface area contributed by atoms with Crippen molar-refractivity contribution >= 4 is 15.8 Å². The molecule has 32 heavy (non-hydrogen) atoms. The van der Waals surface area contributed by atoms with Crippen LogP contribution in [-0.4, -0.2) is 40.3 Å². The van der Waals surface area contributed by atoms with Crippen LogP contribution in [0.4, 0.5) is 0 Å². The van der Waals surface area contributed by atoms with Crippen molar-refractivity contribution in [1.29, 1.82) is 0 Å². The molecule has 2 N–H and O–H groups in total. The Morgan fingerprint density at radius 3 is 1.91 bits per heavy atom. The average molecular weight is 450 g/mol. The second-order valence-electron chi connectivity index (χ2n) is 7.69. The lowest BCUT2D eigenvalue weighted by atomic mass is 9.91. The Hall–Kier alpha value is -3.12. The zero-order valence-electron chi connectivity index (χ0n) is 18.7. The summed E-state index contributed by atoms with van der Waals surface area (Å²) in [6, 6.07) is 27.9. The lowest BCUT2D eigenvalue weighted by Crippen LogP contribution is -2.38. The fourth-order valence-corrected chi connectivity index (χ4v) is 4.16. The summed E-state index contributed by atoms with van der Waals surface area (Å²) in [4.78, 5) is 5.20. The van der Waals surface area contributed by atoms with Crippen LogP contribution in [0.25, 0.3) is 0 Å². The normalized spacial score (nSPS) is 12.0. The zero-order valence-corrected chi connectivity index (χ0v) is 19.5. The third-order valence-corrected chi connectivity index (χ3v) is 6.37. The first kappa shape index (κ1) is 23.5. The molecule has 168 valence electrons. The van der Waals surface area contributed by atoms with Crippen molar-refractivity contribution in [2.24, 2.45) is 4.99 Å². The summed E-state index contributed by atoms with van der Waals surface area (Å²) >= 11 is 0. The van der Waals surface area contributed by atoms with Gasteiger partial charge in [-0.1, -0.05) is 72.8 Å². The van der Waals surface area contributed by atoms with Gasteiger partial charge in [-0.05, 0) is 42.2 Å². The van der Waals surface area contributed by atoms with Gasteiger partial charge in [0.25, 0.3) is 0 Å². The number of aliphatic imine (C=N–C) groups is 1. The monoisotopic (exact) mass is 449 g/mol. The van der Waals surface area contributed by atoms with Crippen LogP contribution in [0, 0.1) is 0 Å². The third kappa shape index (κ3) is 6.95. The molecule has 3 rings (SSSR count). The van der Waals surface area contributed by atoms with Crippen molar-refractivity contribution in [3.63, 3.8) is 0 Å². The zero-order chi connectivity index (χ0) is 22.8. The van der Waals surface area contributed by atoms with Crippen LogP contribution < -0.4 is 10.6 Å². The fraction of sp³-hybridized carbons (Fsp3) is 0.269. The summed E-state index contributed by atoms with van der Waals surface area (Å²) in [5.74, 6) is 0.952. The van der Waals surface area contributed by atoms with Gasteiger partial charge in [0.1, 0.15) is 0 Å². The predicted octanol–water partition coefficient (Wildman–Crippen LogP) is 4.02. The molecule has 0 aliphatic carbocycles. The smallest absolute Gasteiger partial charge is 0.191 e. The molecule has 0 fully saturated rings. The molecule has 0 radical (unpaired) electrons. The van der Waals surface area contributed by atoms with E-state index in [1.54, 1.807) is 12.1 Å². The van der Waals surface area contributed by atoms with Gasteiger partial charge in [0, 0.05) is 25.3 Å². The van der Waals surface area contributed by atoms with Crippen LogP contribution in [0.2, 0.25) is 0 Å². The van der Waals surface area contributed by atoms with Crippen LogP contribution in [-0.2, 0) is 16.3 Å². The SMILES string of the molecule is CCNC(=NCC(c1ccccc1)c1ccccc1)NCCc1ccc(S(C)(=O)=O)cc1. The maximum atomic E-state index is 11.6. The number of benzene rings is 3. The quantitative estimate of drug-likeness (QED) is 0.382. The first-order chi connectivity index (χ1) is 15.5. The molecule has 0 aliphatic rings. The summed E-state index contributed by atoms with van der Waals surface area (Å²) in [6.45, 7) is 4.15. The number of hydrogen-bond donors (Lipinski definition) is 2. The molecule has 0 atom stereocenters. The third-order valence-electron chi connectivity index (χ3n) is 5.24. The van der Waals surface area contributed by atoms with E-state index in [2.05, 4.69) is 59.2 Å². The van der Waals surface area contributed by atoms with Crippen LogP contribution in [0.3, 0.4) is 0 Å². The van der Waals surface area contributed by atoms with Crippen LogP contribution in [0.5, 0.6) is 0 Å². The highest BCUT2D eigenvalue weighted by Crippen LogP contribution is 2.24. The average Bonchev–Trinajstić information content (AvgIpc) is 2.80. The Labute approximate surface area is 191 Å². The number of nitrogens with one attached hydrogen (secondary N) is 2. The molecule has 0 aliphatic heterocycles. The van der Waals surface area contributed by atoms with Gasteiger partial charge in [0.15, 0.2) is 15.8 Å². The van der Waals surface area contributed by atoms with E-state index >= 15 is 0 Å². The number of guanidine groups is 1. The van der Waals surface area contributed by atoms with Crippen molar-refractivity contribution in [2.45, 2.75) is 24.2 Å². The summed E-state index contributed by atoms with van der Waals surface area (Å²) in [6.07, 6.45) is 2.00. The first-order valence-electron chi connectivity index (χ1n) is 10.9. The molecule has 6 heteroatoms. The highest BCUT2D eigenvalue weighted by Gasteiger charge is 2.14. The summed E-state index contributed by atoms with van der Waals surface area (Å²) in [5.41, 5.74) is 3.56. The molecule has 3 aromatic carbocycles. The van der Waals surface area contributed by atoms with Crippen molar-refractivity contribution in [3.05, 3.63) is 102 Å². The Bertz CT molecular complexity index is 1060. The topological polar surface area (TPSA) is 70.6 Å². The predicted molar refractivity (Wildman–Crippen MR) is 132 cm³/mol. The molecule has 0 spiro atoms. The maximum absolute atomic E-state index is 11.6. The van der Waals surface area contributed by atoms with Gasteiger partial charge in [-0.15, -0.1) is 0 Å². The molecular weight excluding hydrogens is 418 g/mol. The number of sulfone groups is 1. The maximum Gasteiger partial charge on any atom is 0.191 e. The molecule has 0 aromatic heterocycles. The summed E-state index contributed by atoms with van der Waals surface area (Å²) in [5, 5.41) is 6.71. The van der Waals surface area contributed by atoms with Crippen molar-refractivity contribution in [1.82, 2.24) is 10.6 Å².